The lowest BCUT2D eigenvalue weighted by Crippen LogP contribution is -2.28. The number of anilines is 1. The zero-order valence-electron chi connectivity index (χ0n) is 17.1. The predicted molar refractivity (Wildman–Crippen MR) is 111 cm³/mol. The summed E-state index contributed by atoms with van der Waals surface area (Å²) in [5.41, 5.74) is 0.298. The first-order valence-corrected chi connectivity index (χ1v) is 11.4. The quantitative estimate of drug-likeness (QED) is 0.471. The molecule has 1 fully saturated rings. The van der Waals surface area contributed by atoms with Gasteiger partial charge in [0.05, 0.1) is 17.1 Å². The lowest BCUT2D eigenvalue weighted by molar-refractivity contribution is 0.0526. The van der Waals surface area contributed by atoms with Crippen LogP contribution in [0.1, 0.15) is 35.9 Å². The van der Waals surface area contributed by atoms with Crippen LogP contribution >= 0.6 is 0 Å². The van der Waals surface area contributed by atoms with Crippen LogP contribution in [0.5, 0.6) is 5.88 Å². The highest BCUT2D eigenvalue weighted by atomic mass is 32.2. The van der Waals surface area contributed by atoms with Gasteiger partial charge in [0.25, 0.3) is 0 Å². The summed E-state index contributed by atoms with van der Waals surface area (Å²) in [4.78, 5) is 22.6. The van der Waals surface area contributed by atoms with Crippen molar-refractivity contribution in [3.8, 4) is 5.88 Å². The molecule has 162 valence electrons. The van der Waals surface area contributed by atoms with Crippen LogP contribution in [0.25, 0.3) is 0 Å². The first-order chi connectivity index (χ1) is 14.4. The Morgan fingerprint density at radius 3 is 2.53 bits per heavy atom. The Hall–Kier alpha value is -2.72. The number of nitrogens with one attached hydrogen (secondary N) is 1. The number of benzene rings is 1. The van der Waals surface area contributed by atoms with Crippen LogP contribution in [0.15, 0.2) is 35.2 Å². The maximum absolute atomic E-state index is 12.4. The molecule has 1 aromatic carbocycles. The van der Waals surface area contributed by atoms with Gasteiger partial charge >= 0.3 is 5.97 Å². The fourth-order valence-corrected chi connectivity index (χ4v) is 4.12. The molecule has 0 unspecified atom stereocenters. The van der Waals surface area contributed by atoms with Crippen molar-refractivity contribution in [2.75, 3.05) is 37.7 Å². The van der Waals surface area contributed by atoms with E-state index in [-0.39, 0.29) is 24.7 Å². The third-order valence-electron chi connectivity index (χ3n) is 4.55. The number of aryl methyl sites for hydroxylation is 1. The number of carbonyl (C=O) groups is 1. The summed E-state index contributed by atoms with van der Waals surface area (Å²) in [7, 11) is -3.72. The molecule has 0 aliphatic carbocycles. The second-order valence-corrected chi connectivity index (χ2v) is 8.56. The minimum Gasteiger partial charge on any atom is -0.476 e. The Kier molecular flexibility index (Phi) is 7.22. The van der Waals surface area contributed by atoms with Gasteiger partial charge in [-0.05, 0) is 51.0 Å². The van der Waals surface area contributed by atoms with Crippen LogP contribution in [0, 0.1) is 6.92 Å². The molecule has 0 saturated carbocycles. The Morgan fingerprint density at radius 1 is 1.17 bits per heavy atom. The summed E-state index contributed by atoms with van der Waals surface area (Å²) in [6, 6.07) is 7.36. The Bertz CT molecular complexity index is 973. The highest BCUT2D eigenvalue weighted by molar-refractivity contribution is 7.89. The summed E-state index contributed by atoms with van der Waals surface area (Å²) < 4.78 is 37.8. The molecule has 10 heteroatoms. The molecule has 0 bridgehead atoms. The number of carbonyl (C=O) groups excluding carboxylic acids is 1. The SMILES string of the molecule is CCOC(=O)c1ccc(S(=O)(=O)NCCOc2cc(N3CCCC3)nc(C)n2)cc1. The Balaban J connectivity index is 1.54. The van der Waals surface area contributed by atoms with E-state index in [1.54, 1.807) is 19.9 Å². The van der Waals surface area contributed by atoms with Crippen molar-refractivity contribution in [1.29, 1.82) is 0 Å². The monoisotopic (exact) mass is 434 g/mol. The Morgan fingerprint density at radius 2 is 1.87 bits per heavy atom. The van der Waals surface area contributed by atoms with Crippen LogP contribution in [-0.4, -0.2) is 57.2 Å². The van der Waals surface area contributed by atoms with Gasteiger partial charge in [0.2, 0.25) is 15.9 Å². The van der Waals surface area contributed by atoms with Crippen molar-refractivity contribution in [3.63, 3.8) is 0 Å². The van der Waals surface area contributed by atoms with E-state index < -0.39 is 16.0 Å². The molecule has 0 radical (unpaired) electrons. The van der Waals surface area contributed by atoms with E-state index in [9.17, 15) is 13.2 Å². The summed E-state index contributed by atoms with van der Waals surface area (Å²) >= 11 is 0. The number of hydrogen-bond donors (Lipinski definition) is 1. The molecular formula is C20H26N4O5S. The first kappa shape index (κ1) is 22.0. The normalized spacial score (nSPS) is 14.0. The standard InChI is InChI=1S/C20H26N4O5S/c1-3-28-20(25)16-6-8-17(9-7-16)30(26,27)21-10-13-29-19-14-18(22-15(2)23-19)24-11-4-5-12-24/h6-9,14,21H,3-5,10-13H2,1-2H3. The van der Waals surface area contributed by atoms with Crippen molar-refractivity contribution in [2.45, 2.75) is 31.6 Å². The molecular weight excluding hydrogens is 408 g/mol. The number of esters is 1. The average Bonchev–Trinajstić information content (AvgIpc) is 3.26. The summed E-state index contributed by atoms with van der Waals surface area (Å²) in [5.74, 6) is 1.37. The molecule has 2 heterocycles. The topological polar surface area (TPSA) is 111 Å². The van der Waals surface area contributed by atoms with E-state index >= 15 is 0 Å². The minimum atomic E-state index is -3.72. The van der Waals surface area contributed by atoms with Gasteiger partial charge in [-0.3, -0.25) is 0 Å². The van der Waals surface area contributed by atoms with Gasteiger partial charge < -0.3 is 14.4 Å². The number of hydrogen-bond acceptors (Lipinski definition) is 8. The fraction of sp³-hybridized carbons (Fsp3) is 0.450. The van der Waals surface area contributed by atoms with Gasteiger partial charge in [-0.15, -0.1) is 0 Å². The van der Waals surface area contributed by atoms with Gasteiger partial charge in [0.1, 0.15) is 18.2 Å². The van der Waals surface area contributed by atoms with Gasteiger partial charge in [0.15, 0.2) is 0 Å². The third kappa shape index (κ3) is 5.67. The molecule has 0 amide bonds. The molecule has 30 heavy (non-hydrogen) atoms. The second kappa shape index (κ2) is 9.86. The zero-order valence-corrected chi connectivity index (χ0v) is 17.9. The number of aromatic nitrogens is 2. The van der Waals surface area contributed by atoms with Crippen LogP contribution in [-0.2, 0) is 14.8 Å². The van der Waals surface area contributed by atoms with E-state index in [0.29, 0.717) is 17.3 Å². The number of ether oxygens (including phenoxy) is 2. The van der Waals surface area contributed by atoms with Crippen molar-refractivity contribution in [3.05, 3.63) is 41.7 Å². The summed E-state index contributed by atoms with van der Waals surface area (Å²) in [6.07, 6.45) is 2.28. The van der Waals surface area contributed by atoms with Crippen LogP contribution < -0.4 is 14.4 Å². The Labute approximate surface area is 176 Å². The van der Waals surface area contributed by atoms with Gasteiger partial charge in [-0.25, -0.2) is 22.9 Å². The average molecular weight is 435 g/mol. The molecule has 3 rings (SSSR count). The van der Waals surface area contributed by atoms with E-state index in [1.165, 1.54) is 24.3 Å². The van der Waals surface area contributed by atoms with E-state index in [1.807, 2.05) is 0 Å². The molecule has 1 aromatic heterocycles. The molecule has 1 N–H and O–H groups in total. The summed E-state index contributed by atoms with van der Waals surface area (Å²) in [5, 5.41) is 0. The van der Waals surface area contributed by atoms with Crippen LogP contribution in [0.3, 0.4) is 0 Å². The highest BCUT2D eigenvalue weighted by Crippen LogP contribution is 2.21. The van der Waals surface area contributed by atoms with E-state index in [0.717, 1.165) is 31.7 Å². The molecule has 2 aromatic rings. The molecule has 1 saturated heterocycles. The summed E-state index contributed by atoms with van der Waals surface area (Å²) in [6.45, 7) is 5.88. The van der Waals surface area contributed by atoms with Crippen molar-refractivity contribution in [2.24, 2.45) is 0 Å². The fourth-order valence-electron chi connectivity index (χ4n) is 3.11. The number of rotatable bonds is 9. The van der Waals surface area contributed by atoms with E-state index in [4.69, 9.17) is 9.47 Å². The molecule has 0 spiro atoms. The van der Waals surface area contributed by atoms with Gasteiger partial charge in [-0.1, -0.05) is 0 Å². The largest absolute Gasteiger partial charge is 0.476 e. The minimum absolute atomic E-state index is 0.0600. The van der Waals surface area contributed by atoms with Gasteiger partial charge in [0, 0.05) is 25.7 Å². The van der Waals surface area contributed by atoms with Gasteiger partial charge in [-0.2, -0.15) is 4.98 Å². The number of nitrogens with zero attached hydrogens (tertiary/aromatic N) is 3. The molecule has 1 aliphatic rings. The molecule has 1 aliphatic heterocycles. The third-order valence-corrected chi connectivity index (χ3v) is 6.03. The molecule has 0 atom stereocenters. The lowest BCUT2D eigenvalue weighted by Gasteiger charge is -2.17. The number of sulfonamides is 1. The van der Waals surface area contributed by atoms with Crippen molar-refractivity contribution < 1.29 is 22.7 Å². The first-order valence-electron chi connectivity index (χ1n) is 9.89. The predicted octanol–water partition coefficient (Wildman–Crippen LogP) is 1.92. The van der Waals surface area contributed by atoms with Crippen molar-refractivity contribution in [1.82, 2.24) is 14.7 Å². The second-order valence-electron chi connectivity index (χ2n) is 6.80. The zero-order chi connectivity index (χ0) is 21.6. The van der Waals surface area contributed by atoms with E-state index in [2.05, 4.69) is 19.6 Å². The highest BCUT2D eigenvalue weighted by Gasteiger charge is 2.17. The smallest absolute Gasteiger partial charge is 0.338 e. The maximum atomic E-state index is 12.4. The van der Waals surface area contributed by atoms with Crippen LogP contribution in [0.2, 0.25) is 0 Å². The van der Waals surface area contributed by atoms with Crippen LogP contribution in [0.4, 0.5) is 5.82 Å². The lowest BCUT2D eigenvalue weighted by atomic mass is 10.2. The maximum Gasteiger partial charge on any atom is 0.338 e. The van der Waals surface area contributed by atoms with Crippen molar-refractivity contribution >= 4 is 21.8 Å². The molecule has 9 nitrogen and oxygen atoms in total.